The Morgan fingerprint density at radius 3 is 2.65 bits per heavy atom. The van der Waals surface area contributed by atoms with E-state index in [1.165, 1.54) is 16.7 Å². The molecule has 3 heteroatoms. The van der Waals surface area contributed by atoms with Crippen molar-refractivity contribution in [3.63, 3.8) is 0 Å². The second kappa shape index (κ2) is 7.30. The Labute approximate surface area is 155 Å². The summed E-state index contributed by atoms with van der Waals surface area (Å²) in [5, 5.41) is 3.62. The van der Waals surface area contributed by atoms with Gasteiger partial charge in [0.25, 0.3) is 0 Å². The van der Waals surface area contributed by atoms with Crippen molar-refractivity contribution in [3.05, 3.63) is 89.5 Å². The van der Waals surface area contributed by atoms with Gasteiger partial charge < -0.3 is 5.32 Å². The van der Waals surface area contributed by atoms with Crippen molar-refractivity contribution in [1.82, 2.24) is 10.2 Å². The average molecular weight is 343 g/mol. The molecule has 132 valence electrons. The van der Waals surface area contributed by atoms with E-state index in [-0.39, 0.29) is 6.17 Å². The fraction of sp³-hybridized carbons (Fsp3) is 0.261. The predicted octanol–water partition coefficient (Wildman–Crippen LogP) is 4.60. The van der Waals surface area contributed by atoms with Crippen LogP contribution in [-0.4, -0.2) is 24.5 Å². The van der Waals surface area contributed by atoms with Gasteiger partial charge in [-0.1, -0.05) is 73.7 Å². The van der Waals surface area contributed by atoms with Gasteiger partial charge >= 0.3 is 0 Å². The normalized spacial score (nSPS) is 23.2. The first-order valence-electron chi connectivity index (χ1n) is 9.25. The van der Waals surface area contributed by atoms with Crippen molar-refractivity contribution in [2.45, 2.75) is 19.5 Å². The molecule has 4 rings (SSSR count). The minimum atomic E-state index is 0.143. The van der Waals surface area contributed by atoms with Crippen LogP contribution in [0, 0.1) is 5.92 Å². The molecule has 2 aromatic carbocycles. The van der Waals surface area contributed by atoms with Crippen LogP contribution in [0.15, 0.2) is 77.8 Å². The zero-order valence-corrected chi connectivity index (χ0v) is 15.4. The molecule has 0 bridgehead atoms. The zero-order valence-electron chi connectivity index (χ0n) is 15.4. The number of nitrogens with one attached hydrogen (secondary N) is 1. The lowest BCUT2D eigenvalue weighted by atomic mass is 9.90. The summed E-state index contributed by atoms with van der Waals surface area (Å²) >= 11 is 0. The van der Waals surface area contributed by atoms with Crippen molar-refractivity contribution in [1.29, 1.82) is 0 Å². The fourth-order valence-electron chi connectivity index (χ4n) is 3.62. The highest BCUT2D eigenvalue weighted by Gasteiger charge is 2.23. The number of hydrogen-bond acceptors (Lipinski definition) is 3. The molecule has 1 aliphatic carbocycles. The lowest BCUT2D eigenvalue weighted by Crippen LogP contribution is -2.44. The highest BCUT2D eigenvalue weighted by Crippen LogP contribution is 2.28. The molecule has 2 atom stereocenters. The molecule has 0 saturated carbocycles. The van der Waals surface area contributed by atoms with Gasteiger partial charge in [0.1, 0.15) is 12.0 Å². The molecular weight excluding hydrogens is 318 g/mol. The van der Waals surface area contributed by atoms with E-state index in [1.807, 2.05) is 0 Å². The summed E-state index contributed by atoms with van der Waals surface area (Å²) in [7, 11) is 2.10. The Kier molecular flexibility index (Phi) is 4.72. The second-order valence-corrected chi connectivity index (χ2v) is 7.20. The van der Waals surface area contributed by atoms with E-state index < -0.39 is 0 Å². The highest BCUT2D eigenvalue weighted by molar-refractivity contribution is 6.00. The zero-order chi connectivity index (χ0) is 17.9. The van der Waals surface area contributed by atoms with E-state index in [2.05, 4.69) is 97.0 Å². The monoisotopic (exact) mass is 343 g/mol. The summed E-state index contributed by atoms with van der Waals surface area (Å²) in [5.74, 6) is 1.57. The van der Waals surface area contributed by atoms with Crippen molar-refractivity contribution in [3.8, 4) is 0 Å². The van der Waals surface area contributed by atoms with Crippen LogP contribution in [0.25, 0.3) is 5.57 Å². The Balaban J connectivity index is 1.61. The second-order valence-electron chi connectivity index (χ2n) is 7.20. The van der Waals surface area contributed by atoms with E-state index in [4.69, 9.17) is 4.99 Å². The molecule has 2 aromatic rings. The molecule has 0 radical (unpaired) electrons. The number of aliphatic imine (C=N–C) groups is 1. The lowest BCUT2D eigenvalue weighted by Gasteiger charge is -2.33. The van der Waals surface area contributed by atoms with Gasteiger partial charge in [0, 0.05) is 5.56 Å². The molecule has 1 aliphatic heterocycles. The van der Waals surface area contributed by atoms with E-state index >= 15 is 0 Å². The van der Waals surface area contributed by atoms with Gasteiger partial charge in [0.2, 0.25) is 0 Å². The van der Waals surface area contributed by atoms with E-state index in [0.717, 1.165) is 17.8 Å². The standard InChI is InChI=1S/C23H25N3/c1-17-8-6-11-19(14-17)20-12-7-13-21(15-20)22-24-16-26(2)23(25-22)18-9-4-3-5-10-18/h3-13,15,17,23H,14,16H2,1-2H3,(H,24,25). The van der Waals surface area contributed by atoms with Crippen LogP contribution in [0.5, 0.6) is 0 Å². The maximum absolute atomic E-state index is 4.76. The van der Waals surface area contributed by atoms with Gasteiger partial charge in [0.05, 0.1) is 6.67 Å². The SMILES string of the molecule is CC1C=CC=C(c2cccc(C3=NCN(C)C(c4ccccc4)N3)c2)C1. The molecule has 26 heavy (non-hydrogen) atoms. The Morgan fingerprint density at radius 1 is 1.04 bits per heavy atom. The molecule has 0 aromatic heterocycles. The van der Waals surface area contributed by atoms with Gasteiger partial charge in [-0.3, -0.25) is 9.89 Å². The first-order valence-corrected chi connectivity index (χ1v) is 9.25. The van der Waals surface area contributed by atoms with Crippen molar-refractivity contribution < 1.29 is 0 Å². The number of amidine groups is 1. The van der Waals surface area contributed by atoms with Crippen LogP contribution in [0.1, 0.15) is 36.2 Å². The molecular formula is C23H25N3. The van der Waals surface area contributed by atoms with Crippen molar-refractivity contribution >= 4 is 11.4 Å². The number of hydrogen-bond donors (Lipinski definition) is 1. The fourth-order valence-corrected chi connectivity index (χ4v) is 3.62. The Hall–Kier alpha value is -2.65. The van der Waals surface area contributed by atoms with Gasteiger partial charge in [-0.2, -0.15) is 0 Å². The molecule has 3 nitrogen and oxygen atoms in total. The quantitative estimate of drug-likeness (QED) is 0.882. The van der Waals surface area contributed by atoms with Crippen LogP contribution in [-0.2, 0) is 0 Å². The molecule has 0 saturated heterocycles. The summed E-state index contributed by atoms with van der Waals surface area (Å²) in [5.41, 5.74) is 5.10. The van der Waals surface area contributed by atoms with Crippen LogP contribution < -0.4 is 5.32 Å². The van der Waals surface area contributed by atoms with Crippen LogP contribution >= 0.6 is 0 Å². The van der Waals surface area contributed by atoms with Crippen LogP contribution in [0.3, 0.4) is 0 Å². The van der Waals surface area contributed by atoms with Gasteiger partial charge in [-0.25, -0.2) is 0 Å². The topological polar surface area (TPSA) is 27.6 Å². The molecule has 1 heterocycles. The van der Waals surface area contributed by atoms with E-state index in [1.54, 1.807) is 0 Å². The summed E-state index contributed by atoms with van der Waals surface area (Å²) in [4.78, 5) is 6.98. The van der Waals surface area contributed by atoms with Crippen LogP contribution in [0.2, 0.25) is 0 Å². The molecule has 0 spiro atoms. The number of benzene rings is 2. The number of rotatable bonds is 3. The van der Waals surface area contributed by atoms with Crippen LogP contribution in [0.4, 0.5) is 0 Å². The summed E-state index contributed by atoms with van der Waals surface area (Å²) < 4.78 is 0. The highest BCUT2D eigenvalue weighted by atomic mass is 15.3. The van der Waals surface area contributed by atoms with Gasteiger partial charge in [-0.15, -0.1) is 0 Å². The maximum Gasteiger partial charge on any atom is 0.131 e. The molecule has 1 N–H and O–H groups in total. The Bertz CT molecular complexity index is 864. The number of nitrogens with zero attached hydrogens (tertiary/aromatic N) is 2. The lowest BCUT2D eigenvalue weighted by molar-refractivity contribution is 0.223. The third kappa shape index (κ3) is 3.49. The first-order chi connectivity index (χ1) is 12.7. The summed E-state index contributed by atoms with van der Waals surface area (Å²) in [6, 6.07) is 19.3. The van der Waals surface area contributed by atoms with Gasteiger partial charge in [0.15, 0.2) is 0 Å². The maximum atomic E-state index is 4.76. The largest absolute Gasteiger partial charge is 0.350 e. The Morgan fingerprint density at radius 2 is 1.85 bits per heavy atom. The average Bonchev–Trinajstić information content (AvgIpc) is 2.69. The third-order valence-electron chi connectivity index (χ3n) is 5.07. The number of allylic oxidation sites excluding steroid dienone is 4. The predicted molar refractivity (Wildman–Crippen MR) is 109 cm³/mol. The van der Waals surface area contributed by atoms with Crippen molar-refractivity contribution in [2.75, 3.05) is 13.7 Å². The van der Waals surface area contributed by atoms with E-state index in [0.29, 0.717) is 12.6 Å². The summed E-state index contributed by atoms with van der Waals surface area (Å²) in [6.45, 7) is 2.95. The van der Waals surface area contributed by atoms with E-state index in [9.17, 15) is 0 Å². The minimum Gasteiger partial charge on any atom is -0.350 e. The molecule has 2 unspecified atom stereocenters. The minimum absolute atomic E-state index is 0.143. The molecule has 0 amide bonds. The molecule has 0 fully saturated rings. The van der Waals surface area contributed by atoms with Crippen molar-refractivity contribution in [2.24, 2.45) is 10.9 Å². The summed E-state index contributed by atoms with van der Waals surface area (Å²) in [6.07, 6.45) is 7.91. The third-order valence-corrected chi connectivity index (χ3v) is 5.07. The first kappa shape index (κ1) is 16.8. The van der Waals surface area contributed by atoms with Gasteiger partial charge in [-0.05, 0) is 42.2 Å². The molecule has 2 aliphatic rings. The smallest absolute Gasteiger partial charge is 0.131 e.